The molecule has 4 nitrogen and oxygen atoms in total. The molecule has 1 unspecified atom stereocenters. The van der Waals surface area contributed by atoms with E-state index in [0.717, 1.165) is 6.42 Å². The van der Waals surface area contributed by atoms with E-state index in [-0.39, 0.29) is 16.5 Å². The molecule has 0 bridgehead atoms. The Bertz CT molecular complexity index is 479. The molecule has 0 radical (unpaired) electrons. The van der Waals surface area contributed by atoms with E-state index < -0.39 is 11.9 Å². The highest BCUT2D eigenvalue weighted by molar-refractivity contribution is 7.80. The van der Waals surface area contributed by atoms with Gasteiger partial charge in [-0.15, -0.1) is 0 Å². The average molecular weight is 283 g/mol. The van der Waals surface area contributed by atoms with Gasteiger partial charge in [-0.3, -0.25) is 4.79 Å². The maximum Gasteiger partial charge on any atom is 0.242 e. The minimum absolute atomic E-state index is 0.0118. The van der Waals surface area contributed by atoms with Gasteiger partial charge >= 0.3 is 0 Å². The van der Waals surface area contributed by atoms with E-state index in [0.29, 0.717) is 12.2 Å². The van der Waals surface area contributed by atoms with Crippen molar-refractivity contribution in [3.63, 3.8) is 0 Å². The fourth-order valence-electron chi connectivity index (χ4n) is 1.52. The van der Waals surface area contributed by atoms with Gasteiger partial charge in [-0.2, -0.15) is 0 Å². The first-order chi connectivity index (χ1) is 8.95. The van der Waals surface area contributed by atoms with Gasteiger partial charge in [-0.25, -0.2) is 4.39 Å². The van der Waals surface area contributed by atoms with Gasteiger partial charge in [0.15, 0.2) is 0 Å². The number of thiocarbonyl (C=S) groups is 1. The fourth-order valence-corrected chi connectivity index (χ4v) is 1.69. The number of anilines is 1. The number of halogens is 1. The third kappa shape index (κ3) is 4.48. The molecular weight excluding hydrogens is 265 g/mol. The summed E-state index contributed by atoms with van der Waals surface area (Å²) in [7, 11) is 0. The first-order valence-corrected chi connectivity index (χ1v) is 6.50. The van der Waals surface area contributed by atoms with E-state index in [1.54, 1.807) is 13.0 Å². The van der Waals surface area contributed by atoms with Gasteiger partial charge in [0, 0.05) is 17.8 Å². The first kappa shape index (κ1) is 15.4. The van der Waals surface area contributed by atoms with Crippen LogP contribution in [-0.4, -0.2) is 23.5 Å². The van der Waals surface area contributed by atoms with Gasteiger partial charge in [0.25, 0.3) is 0 Å². The lowest BCUT2D eigenvalue weighted by Gasteiger charge is -2.15. The standard InChI is InChI=1S/C13H18FN3OS/c1-3-6-16-13(18)8(2)17-9-4-5-10(12(15)19)11(14)7-9/h4-5,7-8,17H,3,6H2,1-2H3,(H2,15,19)(H,16,18). The molecule has 0 aromatic heterocycles. The molecule has 6 heteroatoms. The molecule has 1 rings (SSSR count). The van der Waals surface area contributed by atoms with Crippen molar-refractivity contribution in [2.45, 2.75) is 26.3 Å². The van der Waals surface area contributed by atoms with Crippen molar-refractivity contribution >= 4 is 28.8 Å². The maximum absolute atomic E-state index is 13.6. The number of benzene rings is 1. The third-order valence-corrected chi connectivity index (χ3v) is 2.78. The minimum atomic E-state index is -0.501. The van der Waals surface area contributed by atoms with Crippen molar-refractivity contribution in [1.29, 1.82) is 0 Å². The van der Waals surface area contributed by atoms with Crippen LogP contribution in [-0.2, 0) is 4.79 Å². The molecule has 0 fully saturated rings. The van der Waals surface area contributed by atoms with Crippen molar-refractivity contribution in [3.8, 4) is 0 Å². The summed E-state index contributed by atoms with van der Waals surface area (Å²) >= 11 is 4.72. The summed E-state index contributed by atoms with van der Waals surface area (Å²) in [5.74, 6) is -0.626. The summed E-state index contributed by atoms with van der Waals surface area (Å²) in [4.78, 5) is 11.7. The number of nitrogens with one attached hydrogen (secondary N) is 2. The summed E-state index contributed by atoms with van der Waals surface area (Å²) in [6.07, 6.45) is 0.871. The Hall–Kier alpha value is -1.69. The van der Waals surface area contributed by atoms with Crippen molar-refractivity contribution < 1.29 is 9.18 Å². The third-order valence-electron chi connectivity index (χ3n) is 2.56. The van der Waals surface area contributed by atoms with Gasteiger partial charge < -0.3 is 16.4 Å². The smallest absolute Gasteiger partial charge is 0.242 e. The number of rotatable bonds is 6. The van der Waals surface area contributed by atoms with Crippen molar-refractivity contribution in [2.75, 3.05) is 11.9 Å². The number of carbonyl (C=O) groups excluding carboxylic acids is 1. The van der Waals surface area contributed by atoms with Gasteiger partial charge in [-0.05, 0) is 31.5 Å². The molecule has 1 atom stereocenters. The minimum Gasteiger partial charge on any atom is -0.389 e. The lowest BCUT2D eigenvalue weighted by atomic mass is 10.1. The Labute approximate surface area is 117 Å². The lowest BCUT2D eigenvalue weighted by Crippen LogP contribution is -2.37. The van der Waals surface area contributed by atoms with E-state index in [4.69, 9.17) is 18.0 Å². The van der Waals surface area contributed by atoms with Crippen LogP contribution in [0, 0.1) is 5.82 Å². The number of nitrogens with two attached hydrogens (primary N) is 1. The normalized spacial score (nSPS) is 11.7. The second kappa shape index (κ2) is 7.04. The Morgan fingerprint density at radius 3 is 2.74 bits per heavy atom. The number of carbonyl (C=O) groups is 1. The molecule has 1 amide bonds. The Morgan fingerprint density at radius 2 is 2.21 bits per heavy atom. The van der Waals surface area contributed by atoms with Crippen LogP contribution < -0.4 is 16.4 Å². The summed E-state index contributed by atoms with van der Waals surface area (Å²) in [5, 5.41) is 5.68. The highest BCUT2D eigenvalue weighted by Crippen LogP contribution is 2.15. The predicted molar refractivity (Wildman–Crippen MR) is 78.7 cm³/mol. The molecule has 1 aromatic rings. The number of hydrogen-bond acceptors (Lipinski definition) is 3. The molecule has 0 heterocycles. The summed E-state index contributed by atoms with van der Waals surface area (Å²) in [6, 6.07) is 3.97. The zero-order valence-electron chi connectivity index (χ0n) is 11.0. The van der Waals surface area contributed by atoms with Gasteiger partial charge in [-0.1, -0.05) is 19.1 Å². The molecule has 1 aromatic carbocycles. The second-order valence-corrected chi connectivity index (χ2v) is 4.66. The average Bonchev–Trinajstić information content (AvgIpc) is 2.35. The maximum atomic E-state index is 13.6. The van der Waals surface area contributed by atoms with E-state index >= 15 is 0 Å². The molecule has 0 aliphatic rings. The molecule has 0 aliphatic heterocycles. The quantitative estimate of drug-likeness (QED) is 0.696. The first-order valence-electron chi connectivity index (χ1n) is 6.09. The number of amides is 1. The van der Waals surface area contributed by atoms with Crippen LogP contribution in [0.5, 0.6) is 0 Å². The van der Waals surface area contributed by atoms with Crippen LogP contribution in [0.1, 0.15) is 25.8 Å². The zero-order chi connectivity index (χ0) is 14.4. The SMILES string of the molecule is CCCNC(=O)C(C)Nc1ccc(C(N)=S)c(F)c1. The zero-order valence-corrected chi connectivity index (χ0v) is 11.8. The van der Waals surface area contributed by atoms with Crippen molar-refractivity contribution in [2.24, 2.45) is 5.73 Å². The van der Waals surface area contributed by atoms with Crippen LogP contribution in [0.2, 0.25) is 0 Å². The largest absolute Gasteiger partial charge is 0.389 e. The topological polar surface area (TPSA) is 67.2 Å². The molecular formula is C13H18FN3OS. The molecule has 0 saturated heterocycles. The molecule has 0 aliphatic carbocycles. The molecule has 0 spiro atoms. The monoisotopic (exact) mass is 283 g/mol. The van der Waals surface area contributed by atoms with Gasteiger partial charge in [0.05, 0.1) is 0 Å². The molecule has 0 saturated carbocycles. The van der Waals surface area contributed by atoms with Crippen LogP contribution in [0.4, 0.5) is 10.1 Å². The Morgan fingerprint density at radius 1 is 1.53 bits per heavy atom. The van der Waals surface area contributed by atoms with Crippen LogP contribution >= 0.6 is 12.2 Å². The highest BCUT2D eigenvalue weighted by Gasteiger charge is 2.13. The van der Waals surface area contributed by atoms with E-state index in [2.05, 4.69) is 10.6 Å². The van der Waals surface area contributed by atoms with Crippen molar-refractivity contribution in [3.05, 3.63) is 29.6 Å². The van der Waals surface area contributed by atoms with Gasteiger partial charge in [0.2, 0.25) is 5.91 Å². The Kier molecular flexibility index (Phi) is 5.69. The van der Waals surface area contributed by atoms with Gasteiger partial charge in [0.1, 0.15) is 16.8 Å². The van der Waals surface area contributed by atoms with Crippen LogP contribution in [0.15, 0.2) is 18.2 Å². The predicted octanol–water partition coefficient (Wildman–Crippen LogP) is 1.79. The molecule has 19 heavy (non-hydrogen) atoms. The summed E-state index contributed by atoms with van der Waals surface area (Å²) < 4.78 is 13.6. The second-order valence-electron chi connectivity index (χ2n) is 4.22. The fraction of sp³-hybridized carbons (Fsp3) is 0.385. The highest BCUT2D eigenvalue weighted by atomic mass is 32.1. The Balaban J connectivity index is 2.69. The number of hydrogen-bond donors (Lipinski definition) is 3. The van der Waals surface area contributed by atoms with E-state index in [1.165, 1.54) is 12.1 Å². The van der Waals surface area contributed by atoms with Crippen LogP contribution in [0.3, 0.4) is 0 Å². The molecule has 4 N–H and O–H groups in total. The van der Waals surface area contributed by atoms with E-state index in [9.17, 15) is 9.18 Å². The van der Waals surface area contributed by atoms with Crippen LogP contribution in [0.25, 0.3) is 0 Å². The lowest BCUT2D eigenvalue weighted by molar-refractivity contribution is -0.121. The van der Waals surface area contributed by atoms with E-state index in [1.807, 2.05) is 6.92 Å². The summed E-state index contributed by atoms with van der Waals surface area (Å²) in [5.41, 5.74) is 6.08. The van der Waals surface area contributed by atoms with Crippen molar-refractivity contribution in [1.82, 2.24) is 5.32 Å². The summed E-state index contributed by atoms with van der Waals surface area (Å²) in [6.45, 7) is 4.31. The molecule has 104 valence electrons.